The maximum Gasteiger partial charge on any atom is 0.255 e. The lowest BCUT2D eigenvalue weighted by atomic mass is 10.1. The lowest BCUT2D eigenvalue weighted by molar-refractivity contribution is 0.102. The number of rotatable bonds is 5. The van der Waals surface area contributed by atoms with Crippen LogP contribution in [0.2, 0.25) is 10.0 Å². The third-order valence-corrected chi connectivity index (χ3v) is 4.09. The van der Waals surface area contributed by atoms with Crippen LogP contribution in [0.5, 0.6) is 11.5 Å². The van der Waals surface area contributed by atoms with Gasteiger partial charge in [-0.2, -0.15) is 0 Å². The Balaban J connectivity index is 2.32. The zero-order chi connectivity index (χ0) is 17.0. The van der Waals surface area contributed by atoms with Gasteiger partial charge in [-0.3, -0.25) is 4.79 Å². The van der Waals surface area contributed by atoms with Crippen molar-refractivity contribution in [2.24, 2.45) is 0 Å². The van der Waals surface area contributed by atoms with Crippen LogP contribution < -0.4 is 14.8 Å². The second-order valence-electron chi connectivity index (χ2n) is 4.50. The summed E-state index contributed by atoms with van der Waals surface area (Å²) < 4.78 is 11.4. The monoisotopic (exact) mass is 417 g/mol. The molecule has 0 spiro atoms. The molecule has 0 aliphatic carbocycles. The molecule has 122 valence electrons. The van der Waals surface area contributed by atoms with E-state index in [2.05, 4.69) is 21.2 Å². The summed E-state index contributed by atoms with van der Waals surface area (Å²) in [5, 5.41) is 3.60. The van der Waals surface area contributed by atoms with E-state index in [0.29, 0.717) is 43.9 Å². The predicted molar refractivity (Wildman–Crippen MR) is 96.3 cm³/mol. The third-order valence-electron chi connectivity index (χ3n) is 2.96. The minimum Gasteiger partial charge on any atom is -0.492 e. The molecule has 0 saturated heterocycles. The van der Waals surface area contributed by atoms with E-state index in [0.717, 1.165) is 0 Å². The van der Waals surface area contributed by atoms with Gasteiger partial charge >= 0.3 is 0 Å². The Morgan fingerprint density at radius 3 is 2.61 bits per heavy atom. The van der Waals surface area contributed by atoms with Crippen LogP contribution >= 0.6 is 39.1 Å². The number of amides is 1. The first kappa shape index (κ1) is 17.9. The molecule has 0 radical (unpaired) electrons. The molecule has 1 amide bonds. The van der Waals surface area contributed by atoms with Crippen LogP contribution in [0.4, 0.5) is 5.69 Å². The number of ether oxygens (including phenoxy) is 2. The first-order chi connectivity index (χ1) is 11.0. The van der Waals surface area contributed by atoms with Crippen LogP contribution in [0.3, 0.4) is 0 Å². The van der Waals surface area contributed by atoms with Gasteiger partial charge in [0.1, 0.15) is 0 Å². The summed E-state index contributed by atoms with van der Waals surface area (Å²) in [5.74, 6) is 0.697. The van der Waals surface area contributed by atoms with Gasteiger partial charge in [0.25, 0.3) is 5.91 Å². The number of carbonyl (C=O) groups excluding carboxylic acids is 1. The second kappa shape index (κ2) is 7.90. The molecule has 0 atom stereocenters. The maximum atomic E-state index is 12.4. The Morgan fingerprint density at radius 1 is 1.26 bits per heavy atom. The van der Waals surface area contributed by atoms with Crippen molar-refractivity contribution in [3.05, 3.63) is 50.4 Å². The summed E-state index contributed by atoms with van der Waals surface area (Å²) in [6.07, 6.45) is 0. The smallest absolute Gasteiger partial charge is 0.255 e. The fraction of sp³-hybridized carbons (Fsp3) is 0.188. The normalized spacial score (nSPS) is 10.3. The number of benzene rings is 2. The zero-order valence-corrected chi connectivity index (χ0v) is 15.6. The van der Waals surface area contributed by atoms with Crippen molar-refractivity contribution in [2.75, 3.05) is 19.0 Å². The minimum atomic E-state index is -0.321. The lowest BCUT2D eigenvalue weighted by Crippen LogP contribution is -2.13. The molecule has 2 aromatic carbocycles. The molecule has 23 heavy (non-hydrogen) atoms. The van der Waals surface area contributed by atoms with E-state index in [1.54, 1.807) is 30.3 Å². The van der Waals surface area contributed by atoms with Gasteiger partial charge < -0.3 is 14.8 Å². The lowest BCUT2D eigenvalue weighted by Gasteiger charge is -2.13. The van der Waals surface area contributed by atoms with Crippen LogP contribution in [0.25, 0.3) is 0 Å². The SMILES string of the molecule is CCOc1cc(C(=O)Nc2ccc(Cl)cc2Cl)cc(Br)c1OC. The van der Waals surface area contributed by atoms with Crippen LogP contribution in [0, 0.1) is 0 Å². The van der Waals surface area contributed by atoms with Crippen LogP contribution in [0.15, 0.2) is 34.8 Å². The molecule has 0 bridgehead atoms. The quantitative estimate of drug-likeness (QED) is 0.705. The molecule has 4 nitrogen and oxygen atoms in total. The molecule has 0 aliphatic heterocycles. The highest BCUT2D eigenvalue weighted by Crippen LogP contribution is 2.37. The molecule has 0 fully saturated rings. The molecule has 0 aliphatic rings. The summed E-state index contributed by atoms with van der Waals surface area (Å²) in [7, 11) is 1.54. The topological polar surface area (TPSA) is 47.6 Å². The van der Waals surface area contributed by atoms with E-state index < -0.39 is 0 Å². The number of hydrogen-bond donors (Lipinski definition) is 1. The van der Waals surface area contributed by atoms with Gasteiger partial charge in [0, 0.05) is 10.6 Å². The van der Waals surface area contributed by atoms with E-state index in [-0.39, 0.29) is 5.91 Å². The predicted octanol–water partition coefficient (Wildman–Crippen LogP) is 5.42. The summed E-state index contributed by atoms with van der Waals surface area (Å²) in [4.78, 5) is 12.4. The highest BCUT2D eigenvalue weighted by Gasteiger charge is 2.16. The Hall–Kier alpha value is -1.43. The molecule has 0 unspecified atom stereocenters. The molecule has 7 heteroatoms. The Labute approximate surface area is 152 Å². The number of nitrogens with one attached hydrogen (secondary N) is 1. The second-order valence-corrected chi connectivity index (χ2v) is 6.20. The molecule has 0 heterocycles. The van der Waals surface area contributed by atoms with Crippen molar-refractivity contribution in [3.63, 3.8) is 0 Å². The number of hydrogen-bond acceptors (Lipinski definition) is 3. The van der Waals surface area contributed by atoms with Crippen molar-refractivity contribution >= 4 is 50.7 Å². The largest absolute Gasteiger partial charge is 0.492 e. The number of halogens is 3. The van der Waals surface area contributed by atoms with Gasteiger partial charge in [0.15, 0.2) is 11.5 Å². The minimum absolute atomic E-state index is 0.321. The standard InChI is InChI=1S/C16H14BrCl2NO3/c1-3-23-14-7-9(6-11(17)15(14)22-2)16(21)20-13-5-4-10(18)8-12(13)19/h4-8H,3H2,1-2H3,(H,20,21). The van der Waals surface area contributed by atoms with E-state index >= 15 is 0 Å². The molecule has 1 N–H and O–H groups in total. The van der Waals surface area contributed by atoms with Crippen molar-refractivity contribution < 1.29 is 14.3 Å². The van der Waals surface area contributed by atoms with E-state index in [1.165, 1.54) is 7.11 Å². The number of methoxy groups -OCH3 is 1. The fourth-order valence-corrected chi connectivity index (χ4v) is 3.01. The average molecular weight is 419 g/mol. The maximum absolute atomic E-state index is 12.4. The summed E-state index contributed by atoms with van der Waals surface area (Å²) in [6.45, 7) is 2.31. The van der Waals surface area contributed by atoms with Crippen molar-refractivity contribution in [3.8, 4) is 11.5 Å². The van der Waals surface area contributed by atoms with Gasteiger partial charge in [-0.05, 0) is 53.2 Å². The molecule has 0 saturated carbocycles. The molecule has 2 rings (SSSR count). The molecular weight excluding hydrogens is 405 g/mol. The van der Waals surface area contributed by atoms with E-state index in [4.69, 9.17) is 32.7 Å². The van der Waals surface area contributed by atoms with Crippen LogP contribution in [0.1, 0.15) is 17.3 Å². The average Bonchev–Trinajstić information content (AvgIpc) is 2.50. The molecule has 0 aromatic heterocycles. The molecule has 2 aromatic rings. The van der Waals surface area contributed by atoms with Crippen molar-refractivity contribution in [2.45, 2.75) is 6.92 Å². The van der Waals surface area contributed by atoms with Gasteiger partial charge in [0.05, 0.1) is 28.9 Å². The fourth-order valence-electron chi connectivity index (χ4n) is 1.95. The zero-order valence-electron chi connectivity index (χ0n) is 12.5. The van der Waals surface area contributed by atoms with Gasteiger partial charge in [0.2, 0.25) is 0 Å². The van der Waals surface area contributed by atoms with Gasteiger partial charge in [-0.1, -0.05) is 23.2 Å². The Kier molecular flexibility index (Phi) is 6.16. The van der Waals surface area contributed by atoms with E-state index in [1.807, 2.05) is 6.92 Å². The van der Waals surface area contributed by atoms with E-state index in [9.17, 15) is 4.79 Å². The van der Waals surface area contributed by atoms with Crippen molar-refractivity contribution in [1.82, 2.24) is 0 Å². The first-order valence-electron chi connectivity index (χ1n) is 6.73. The van der Waals surface area contributed by atoms with Gasteiger partial charge in [-0.25, -0.2) is 0 Å². The summed E-state index contributed by atoms with van der Waals surface area (Å²) in [5.41, 5.74) is 0.887. The molecular formula is C16H14BrCl2NO3. The van der Waals surface area contributed by atoms with Crippen molar-refractivity contribution in [1.29, 1.82) is 0 Å². The first-order valence-corrected chi connectivity index (χ1v) is 8.28. The Morgan fingerprint density at radius 2 is 2.00 bits per heavy atom. The number of anilines is 1. The highest BCUT2D eigenvalue weighted by molar-refractivity contribution is 9.10. The van der Waals surface area contributed by atoms with Crippen LogP contribution in [-0.2, 0) is 0 Å². The van der Waals surface area contributed by atoms with Crippen LogP contribution in [-0.4, -0.2) is 19.6 Å². The Bertz CT molecular complexity index is 738. The van der Waals surface area contributed by atoms with Gasteiger partial charge in [-0.15, -0.1) is 0 Å². The summed E-state index contributed by atoms with van der Waals surface area (Å²) in [6, 6.07) is 8.13. The summed E-state index contributed by atoms with van der Waals surface area (Å²) >= 11 is 15.3. The number of carbonyl (C=O) groups is 1. The highest BCUT2D eigenvalue weighted by atomic mass is 79.9. The third kappa shape index (κ3) is 4.31.